The summed E-state index contributed by atoms with van der Waals surface area (Å²) in [5, 5.41) is 0. The summed E-state index contributed by atoms with van der Waals surface area (Å²) in [6.45, 7) is 6.53. The van der Waals surface area contributed by atoms with Gasteiger partial charge in [-0.3, -0.25) is 4.79 Å². The topological polar surface area (TPSA) is 26.3 Å². The molecule has 0 aliphatic carbocycles. The number of rotatable bonds is 3. The first-order valence-corrected chi connectivity index (χ1v) is 7.22. The minimum Gasteiger partial charge on any atom is -0.456 e. The molecule has 104 valence electrons. The summed E-state index contributed by atoms with van der Waals surface area (Å²) in [7, 11) is 0. The largest absolute Gasteiger partial charge is 0.456 e. The smallest absolute Gasteiger partial charge is 0.150 e. The second-order valence-corrected chi connectivity index (χ2v) is 6.54. The SMILES string of the molecule is CC(C)(C)c1ccc(Oc2ccc(C=O)cc2Br)cc1. The van der Waals surface area contributed by atoms with Gasteiger partial charge in [0.25, 0.3) is 0 Å². The molecule has 0 aromatic heterocycles. The van der Waals surface area contributed by atoms with E-state index < -0.39 is 0 Å². The number of hydrogen-bond acceptors (Lipinski definition) is 2. The van der Waals surface area contributed by atoms with Crippen molar-refractivity contribution in [2.45, 2.75) is 26.2 Å². The van der Waals surface area contributed by atoms with Gasteiger partial charge in [-0.25, -0.2) is 0 Å². The van der Waals surface area contributed by atoms with Crippen LogP contribution in [0.5, 0.6) is 11.5 Å². The van der Waals surface area contributed by atoms with Gasteiger partial charge in [0, 0.05) is 5.56 Å². The van der Waals surface area contributed by atoms with Gasteiger partial charge in [-0.2, -0.15) is 0 Å². The standard InChI is InChI=1S/C17H17BrO2/c1-17(2,3)13-5-7-14(8-6-13)20-16-9-4-12(11-19)10-15(16)18/h4-11H,1-3H3. The Morgan fingerprint density at radius 3 is 2.20 bits per heavy atom. The maximum atomic E-state index is 10.7. The van der Waals surface area contributed by atoms with Crippen molar-refractivity contribution in [3.63, 3.8) is 0 Å². The number of halogens is 1. The first-order valence-electron chi connectivity index (χ1n) is 6.43. The van der Waals surface area contributed by atoms with E-state index in [1.807, 2.05) is 12.1 Å². The van der Waals surface area contributed by atoms with Gasteiger partial charge in [-0.05, 0) is 57.2 Å². The maximum Gasteiger partial charge on any atom is 0.150 e. The molecular formula is C17H17BrO2. The summed E-state index contributed by atoms with van der Waals surface area (Å²) in [5.74, 6) is 1.47. The molecule has 0 atom stereocenters. The van der Waals surface area contributed by atoms with E-state index >= 15 is 0 Å². The van der Waals surface area contributed by atoms with Crippen molar-refractivity contribution in [2.24, 2.45) is 0 Å². The summed E-state index contributed by atoms with van der Waals surface area (Å²) in [6, 6.07) is 13.3. The Morgan fingerprint density at radius 1 is 1.05 bits per heavy atom. The van der Waals surface area contributed by atoms with Crippen LogP contribution in [0.2, 0.25) is 0 Å². The Balaban J connectivity index is 2.20. The summed E-state index contributed by atoms with van der Waals surface area (Å²) < 4.78 is 6.58. The Hall–Kier alpha value is -1.61. The number of carbonyl (C=O) groups excluding carboxylic acids is 1. The van der Waals surface area contributed by atoms with E-state index in [9.17, 15) is 4.79 Å². The maximum absolute atomic E-state index is 10.7. The lowest BCUT2D eigenvalue weighted by Gasteiger charge is -2.19. The van der Waals surface area contributed by atoms with Crippen molar-refractivity contribution in [1.29, 1.82) is 0 Å². The third-order valence-corrected chi connectivity index (χ3v) is 3.66. The van der Waals surface area contributed by atoms with Crippen molar-refractivity contribution >= 4 is 22.2 Å². The summed E-state index contributed by atoms with van der Waals surface area (Å²) in [5.41, 5.74) is 2.01. The molecule has 3 heteroatoms. The summed E-state index contributed by atoms with van der Waals surface area (Å²) in [4.78, 5) is 10.7. The molecule has 0 amide bonds. The van der Waals surface area contributed by atoms with Gasteiger partial charge in [-0.15, -0.1) is 0 Å². The molecule has 0 aliphatic heterocycles. The van der Waals surface area contributed by atoms with E-state index in [1.54, 1.807) is 18.2 Å². The first-order chi connectivity index (χ1) is 9.40. The average Bonchev–Trinajstić information content (AvgIpc) is 2.40. The molecule has 0 N–H and O–H groups in total. The van der Waals surface area contributed by atoms with Crippen LogP contribution in [0, 0.1) is 0 Å². The molecule has 2 rings (SSSR count). The number of ether oxygens (including phenoxy) is 1. The fourth-order valence-corrected chi connectivity index (χ4v) is 2.30. The molecule has 2 aromatic carbocycles. The van der Waals surface area contributed by atoms with Crippen LogP contribution in [-0.4, -0.2) is 6.29 Å². The lowest BCUT2D eigenvalue weighted by atomic mass is 9.87. The fourth-order valence-electron chi connectivity index (χ4n) is 1.82. The van der Waals surface area contributed by atoms with E-state index in [4.69, 9.17) is 4.74 Å². The molecule has 2 aromatic rings. The van der Waals surface area contributed by atoms with Gasteiger partial charge >= 0.3 is 0 Å². The Morgan fingerprint density at radius 2 is 1.70 bits per heavy atom. The van der Waals surface area contributed by atoms with Gasteiger partial charge < -0.3 is 4.74 Å². The van der Waals surface area contributed by atoms with Gasteiger partial charge in [0.05, 0.1) is 4.47 Å². The van der Waals surface area contributed by atoms with Crippen LogP contribution in [0.4, 0.5) is 0 Å². The van der Waals surface area contributed by atoms with Gasteiger partial charge in [-0.1, -0.05) is 32.9 Å². The molecule has 0 unspecified atom stereocenters. The van der Waals surface area contributed by atoms with E-state index in [0.717, 1.165) is 16.5 Å². The van der Waals surface area contributed by atoms with Crippen LogP contribution >= 0.6 is 15.9 Å². The molecule has 0 radical (unpaired) electrons. The Labute approximate surface area is 127 Å². The highest BCUT2D eigenvalue weighted by Crippen LogP contribution is 2.31. The highest BCUT2D eigenvalue weighted by molar-refractivity contribution is 9.10. The minimum absolute atomic E-state index is 0.130. The van der Waals surface area contributed by atoms with Crippen molar-refractivity contribution in [2.75, 3.05) is 0 Å². The van der Waals surface area contributed by atoms with Gasteiger partial charge in [0.15, 0.2) is 0 Å². The second kappa shape index (κ2) is 5.80. The van der Waals surface area contributed by atoms with Crippen LogP contribution in [0.3, 0.4) is 0 Å². The monoisotopic (exact) mass is 332 g/mol. The van der Waals surface area contributed by atoms with E-state index in [1.165, 1.54) is 5.56 Å². The summed E-state index contributed by atoms with van der Waals surface area (Å²) >= 11 is 3.41. The molecule has 0 saturated heterocycles. The van der Waals surface area contributed by atoms with Gasteiger partial charge in [0.1, 0.15) is 17.8 Å². The highest BCUT2D eigenvalue weighted by Gasteiger charge is 2.13. The van der Waals surface area contributed by atoms with E-state index in [2.05, 4.69) is 48.8 Å². The zero-order chi connectivity index (χ0) is 14.8. The van der Waals surface area contributed by atoms with Crippen LogP contribution in [-0.2, 0) is 5.41 Å². The molecule has 0 aliphatic rings. The molecule has 20 heavy (non-hydrogen) atoms. The molecule has 0 saturated carbocycles. The predicted molar refractivity (Wildman–Crippen MR) is 84.7 cm³/mol. The fraction of sp³-hybridized carbons (Fsp3) is 0.235. The summed E-state index contributed by atoms with van der Waals surface area (Å²) in [6.07, 6.45) is 0.812. The van der Waals surface area contributed by atoms with Crippen LogP contribution in [0.1, 0.15) is 36.7 Å². The van der Waals surface area contributed by atoms with Crippen LogP contribution in [0.15, 0.2) is 46.9 Å². The van der Waals surface area contributed by atoms with Gasteiger partial charge in [0.2, 0.25) is 0 Å². The number of aldehydes is 1. The Bertz CT molecular complexity index is 610. The van der Waals surface area contributed by atoms with Crippen molar-refractivity contribution < 1.29 is 9.53 Å². The zero-order valence-corrected chi connectivity index (χ0v) is 13.4. The molecular weight excluding hydrogens is 316 g/mol. The Kier molecular flexibility index (Phi) is 4.29. The normalized spacial score (nSPS) is 11.2. The number of hydrogen-bond donors (Lipinski definition) is 0. The lowest BCUT2D eigenvalue weighted by Crippen LogP contribution is -2.10. The van der Waals surface area contributed by atoms with E-state index in [-0.39, 0.29) is 5.41 Å². The molecule has 0 bridgehead atoms. The van der Waals surface area contributed by atoms with Crippen LogP contribution in [0.25, 0.3) is 0 Å². The molecule has 0 spiro atoms. The zero-order valence-electron chi connectivity index (χ0n) is 11.8. The highest BCUT2D eigenvalue weighted by atomic mass is 79.9. The lowest BCUT2D eigenvalue weighted by molar-refractivity contribution is 0.112. The molecule has 0 heterocycles. The first kappa shape index (κ1) is 14.8. The average molecular weight is 333 g/mol. The van der Waals surface area contributed by atoms with Crippen molar-refractivity contribution in [1.82, 2.24) is 0 Å². The quantitative estimate of drug-likeness (QED) is 0.708. The van der Waals surface area contributed by atoms with Crippen molar-refractivity contribution in [3.8, 4) is 11.5 Å². The van der Waals surface area contributed by atoms with Crippen molar-refractivity contribution in [3.05, 3.63) is 58.1 Å². The second-order valence-electron chi connectivity index (χ2n) is 5.68. The molecule has 2 nitrogen and oxygen atoms in total. The van der Waals surface area contributed by atoms with E-state index in [0.29, 0.717) is 11.3 Å². The number of carbonyl (C=O) groups is 1. The third kappa shape index (κ3) is 3.48. The predicted octanol–water partition coefficient (Wildman–Crippen LogP) is 5.35. The minimum atomic E-state index is 0.130. The number of benzene rings is 2. The molecule has 0 fully saturated rings. The third-order valence-electron chi connectivity index (χ3n) is 3.04. The van der Waals surface area contributed by atoms with Crippen LogP contribution < -0.4 is 4.74 Å².